The Hall–Kier alpha value is -0.550. The summed E-state index contributed by atoms with van der Waals surface area (Å²) in [6, 6.07) is 5.37. The normalized spacial score (nSPS) is 20.4. The first-order valence-electron chi connectivity index (χ1n) is 8.08. The van der Waals surface area contributed by atoms with E-state index in [1.54, 1.807) is 19.2 Å². The lowest BCUT2D eigenvalue weighted by Gasteiger charge is -2.38. The van der Waals surface area contributed by atoms with Crippen LogP contribution in [0.3, 0.4) is 0 Å². The van der Waals surface area contributed by atoms with Crippen LogP contribution in [0.1, 0.15) is 37.3 Å². The summed E-state index contributed by atoms with van der Waals surface area (Å²) < 4.78 is 19.8. The zero-order valence-electron chi connectivity index (χ0n) is 13.6. The number of ether oxygens (including phenoxy) is 1. The minimum absolute atomic E-state index is 0. The molecule has 1 aromatic carbocycles. The summed E-state index contributed by atoms with van der Waals surface area (Å²) in [7, 11) is 1.65. The van der Waals surface area contributed by atoms with E-state index in [4.69, 9.17) is 4.74 Å². The van der Waals surface area contributed by atoms with Crippen molar-refractivity contribution in [1.82, 2.24) is 10.2 Å². The molecule has 0 unspecified atom stereocenters. The molecule has 1 saturated heterocycles. The summed E-state index contributed by atoms with van der Waals surface area (Å²) in [6.07, 6.45) is 4.98. The topological polar surface area (TPSA) is 24.5 Å². The molecule has 1 atom stereocenters. The maximum absolute atomic E-state index is 14.5. The first-order valence-corrected chi connectivity index (χ1v) is 8.08. The number of benzene rings is 1. The number of piperazine rings is 1. The van der Waals surface area contributed by atoms with Crippen molar-refractivity contribution < 1.29 is 9.13 Å². The van der Waals surface area contributed by atoms with E-state index in [2.05, 4.69) is 10.2 Å². The van der Waals surface area contributed by atoms with Gasteiger partial charge in [-0.3, -0.25) is 4.90 Å². The van der Waals surface area contributed by atoms with Crippen molar-refractivity contribution in [3.05, 3.63) is 29.6 Å². The number of hydrogen-bond acceptors (Lipinski definition) is 3. The molecular weight excluding hydrogens is 338 g/mol. The average Bonchev–Trinajstić information content (AvgIpc) is 3.04. The van der Waals surface area contributed by atoms with Crippen LogP contribution in [0.5, 0.6) is 5.75 Å². The SMILES string of the molecule is COc1ccc(F)c([C@H](C2CCCC2)N2CCNCC2)c1.Cl.Cl. The van der Waals surface area contributed by atoms with E-state index >= 15 is 0 Å². The summed E-state index contributed by atoms with van der Waals surface area (Å²) in [5.41, 5.74) is 0.822. The Balaban J connectivity index is 0.00000132. The van der Waals surface area contributed by atoms with Crippen molar-refractivity contribution in [2.24, 2.45) is 5.92 Å². The lowest BCUT2D eigenvalue weighted by molar-refractivity contribution is 0.122. The smallest absolute Gasteiger partial charge is 0.128 e. The van der Waals surface area contributed by atoms with Gasteiger partial charge in [-0.05, 0) is 37.0 Å². The van der Waals surface area contributed by atoms with Gasteiger partial charge in [-0.1, -0.05) is 12.8 Å². The van der Waals surface area contributed by atoms with Crippen LogP contribution >= 0.6 is 24.8 Å². The summed E-state index contributed by atoms with van der Waals surface area (Å²) in [5, 5.41) is 3.39. The molecule has 1 saturated carbocycles. The number of hydrogen-bond donors (Lipinski definition) is 1. The van der Waals surface area contributed by atoms with Crippen LogP contribution in [-0.4, -0.2) is 38.2 Å². The van der Waals surface area contributed by atoms with Crippen molar-refractivity contribution >= 4 is 24.8 Å². The maximum atomic E-state index is 14.5. The van der Waals surface area contributed by atoms with Gasteiger partial charge in [-0.15, -0.1) is 24.8 Å². The number of nitrogens with zero attached hydrogens (tertiary/aromatic N) is 1. The van der Waals surface area contributed by atoms with E-state index < -0.39 is 0 Å². The molecule has 6 heteroatoms. The second kappa shape index (κ2) is 9.67. The van der Waals surface area contributed by atoms with Crippen molar-refractivity contribution in [3.8, 4) is 5.75 Å². The molecule has 23 heavy (non-hydrogen) atoms. The van der Waals surface area contributed by atoms with Crippen molar-refractivity contribution in [1.29, 1.82) is 0 Å². The fourth-order valence-corrected chi connectivity index (χ4v) is 3.86. The Kier molecular flexibility index (Phi) is 8.62. The lowest BCUT2D eigenvalue weighted by Crippen LogP contribution is -2.46. The van der Waals surface area contributed by atoms with Gasteiger partial charge in [0.15, 0.2) is 0 Å². The fourth-order valence-electron chi connectivity index (χ4n) is 3.86. The number of methoxy groups -OCH3 is 1. The maximum Gasteiger partial charge on any atom is 0.128 e. The van der Waals surface area contributed by atoms with Crippen LogP contribution in [0.2, 0.25) is 0 Å². The molecule has 3 rings (SSSR count). The zero-order chi connectivity index (χ0) is 14.7. The molecule has 3 nitrogen and oxygen atoms in total. The Bertz CT molecular complexity index is 478. The molecule has 0 amide bonds. The van der Waals surface area contributed by atoms with E-state index in [-0.39, 0.29) is 36.7 Å². The highest BCUT2D eigenvalue weighted by atomic mass is 35.5. The summed E-state index contributed by atoms with van der Waals surface area (Å²) in [6.45, 7) is 3.99. The highest BCUT2D eigenvalue weighted by Crippen LogP contribution is 2.41. The number of rotatable bonds is 4. The first-order chi connectivity index (χ1) is 10.3. The zero-order valence-corrected chi connectivity index (χ0v) is 15.2. The Labute approximate surface area is 150 Å². The van der Waals surface area contributed by atoms with E-state index in [1.165, 1.54) is 25.7 Å². The van der Waals surface area contributed by atoms with Gasteiger partial charge in [0.1, 0.15) is 11.6 Å². The molecule has 1 aliphatic heterocycles. The molecule has 1 heterocycles. The molecular formula is C17H27Cl2FN2O. The van der Waals surface area contributed by atoms with Crippen molar-refractivity contribution in [2.45, 2.75) is 31.7 Å². The largest absolute Gasteiger partial charge is 0.497 e. The van der Waals surface area contributed by atoms with Gasteiger partial charge < -0.3 is 10.1 Å². The van der Waals surface area contributed by atoms with Crippen LogP contribution < -0.4 is 10.1 Å². The minimum atomic E-state index is -0.0915. The van der Waals surface area contributed by atoms with Crippen molar-refractivity contribution in [2.75, 3.05) is 33.3 Å². The van der Waals surface area contributed by atoms with Crippen LogP contribution in [0.15, 0.2) is 18.2 Å². The predicted molar refractivity (Wildman–Crippen MR) is 96.6 cm³/mol. The highest BCUT2D eigenvalue weighted by molar-refractivity contribution is 5.85. The van der Waals surface area contributed by atoms with Gasteiger partial charge in [0, 0.05) is 37.8 Å². The third-order valence-corrected chi connectivity index (χ3v) is 4.91. The van der Waals surface area contributed by atoms with Gasteiger partial charge in [-0.25, -0.2) is 4.39 Å². The molecule has 1 N–H and O–H groups in total. The van der Waals surface area contributed by atoms with Crippen LogP contribution in [-0.2, 0) is 0 Å². The van der Waals surface area contributed by atoms with Gasteiger partial charge in [-0.2, -0.15) is 0 Å². The molecule has 132 valence electrons. The van der Waals surface area contributed by atoms with Gasteiger partial charge in [0.25, 0.3) is 0 Å². The van der Waals surface area contributed by atoms with Gasteiger partial charge in [0.05, 0.1) is 7.11 Å². The lowest BCUT2D eigenvalue weighted by atomic mass is 9.89. The predicted octanol–water partition coefficient (Wildman–Crippen LogP) is 3.81. The third kappa shape index (κ3) is 4.72. The van der Waals surface area contributed by atoms with Gasteiger partial charge >= 0.3 is 0 Å². The second-order valence-corrected chi connectivity index (χ2v) is 6.16. The standard InChI is InChI=1S/C17H25FN2O.2ClH/c1-21-14-6-7-16(18)15(12-14)17(13-4-2-3-5-13)20-10-8-19-9-11-20;;/h6-7,12-13,17,19H,2-5,8-11H2,1H3;2*1H/t17-;;/m0../s1. The average molecular weight is 365 g/mol. The van der Waals surface area contributed by atoms with Crippen molar-refractivity contribution in [3.63, 3.8) is 0 Å². The second-order valence-electron chi connectivity index (χ2n) is 6.16. The number of halogens is 3. The Morgan fingerprint density at radius 1 is 1.17 bits per heavy atom. The van der Waals surface area contributed by atoms with Gasteiger partial charge in [0.2, 0.25) is 0 Å². The third-order valence-electron chi connectivity index (χ3n) is 4.91. The van der Waals surface area contributed by atoms with E-state index in [1.807, 2.05) is 6.07 Å². The molecule has 1 aliphatic carbocycles. The monoisotopic (exact) mass is 364 g/mol. The number of nitrogens with one attached hydrogen (secondary N) is 1. The van der Waals surface area contributed by atoms with Crippen LogP contribution in [0, 0.1) is 11.7 Å². The molecule has 1 aromatic rings. The fraction of sp³-hybridized carbons (Fsp3) is 0.647. The molecule has 0 aromatic heterocycles. The van der Waals surface area contributed by atoms with E-state index in [0.717, 1.165) is 37.5 Å². The van der Waals surface area contributed by atoms with E-state index in [0.29, 0.717) is 5.92 Å². The first kappa shape index (κ1) is 20.5. The molecule has 0 spiro atoms. The molecule has 2 aliphatic rings. The minimum Gasteiger partial charge on any atom is -0.497 e. The Morgan fingerprint density at radius 3 is 2.43 bits per heavy atom. The quantitative estimate of drug-likeness (QED) is 0.878. The summed E-state index contributed by atoms with van der Waals surface area (Å²) in [5.74, 6) is 1.24. The van der Waals surface area contributed by atoms with E-state index in [9.17, 15) is 4.39 Å². The molecule has 0 bridgehead atoms. The molecule has 0 radical (unpaired) electrons. The van der Waals surface area contributed by atoms with Crippen LogP contribution in [0.4, 0.5) is 4.39 Å². The Morgan fingerprint density at radius 2 is 1.83 bits per heavy atom. The summed E-state index contributed by atoms with van der Waals surface area (Å²) in [4.78, 5) is 2.46. The highest BCUT2D eigenvalue weighted by Gasteiger charge is 2.33. The molecule has 2 fully saturated rings. The van der Waals surface area contributed by atoms with Crippen LogP contribution in [0.25, 0.3) is 0 Å². The summed E-state index contributed by atoms with van der Waals surface area (Å²) >= 11 is 0.